The number of likely N-dealkylation sites (tertiary alicyclic amines) is 1. The van der Waals surface area contributed by atoms with Gasteiger partial charge < -0.3 is 15.0 Å². The van der Waals surface area contributed by atoms with Crippen molar-refractivity contribution in [3.8, 4) is 5.75 Å². The highest BCUT2D eigenvalue weighted by Gasteiger charge is 2.24. The second kappa shape index (κ2) is 10.7. The number of ether oxygens (including phenoxy) is 1. The van der Waals surface area contributed by atoms with E-state index >= 15 is 0 Å². The highest BCUT2D eigenvalue weighted by molar-refractivity contribution is 5.94. The molecule has 0 unspecified atom stereocenters. The minimum atomic E-state index is -0.429. The lowest BCUT2D eigenvalue weighted by molar-refractivity contribution is -0.131. The minimum Gasteiger partial charge on any atom is -0.427 e. The van der Waals surface area contributed by atoms with Crippen LogP contribution in [0.3, 0.4) is 0 Å². The normalized spacial score (nSPS) is 14.2. The number of amides is 2. The first-order chi connectivity index (χ1) is 14.9. The summed E-state index contributed by atoms with van der Waals surface area (Å²) < 4.78 is 18.7. The number of hydrogen-bond acceptors (Lipinski definition) is 4. The fourth-order valence-electron chi connectivity index (χ4n) is 3.68. The van der Waals surface area contributed by atoms with Crippen LogP contribution in [0, 0.1) is 11.7 Å². The fourth-order valence-corrected chi connectivity index (χ4v) is 3.68. The summed E-state index contributed by atoms with van der Waals surface area (Å²) in [6.45, 7) is 3.08. The molecule has 2 aromatic rings. The van der Waals surface area contributed by atoms with Crippen LogP contribution in [-0.2, 0) is 16.0 Å². The smallest absolute Gasteiger partial charge is 0.308 e. The number of benzene rings is 2. The maximum Gasteiger partial charge on any atom is 0.308 e. The number of aryl methyl sites for hydroxylation is 1. The number of piperidine rings is 1. The molecule has 164 valence electrons. The van der Waals surface area contributed by atoms with Crippen LogP contribution in [-0.4, -0.2) is 42.3 Å². The molecule has 31 heavy (non-hydrogen) atoms. The molecule has 2 aromatic carbocycles. The summed E-state index contributed by atoms with van der Waals surface area (Å²) >= 11 is 0. The van der Waals surface area contributed by atoms with Crippen LogP contribution in [0.2, 0.25) is 0 Å². The molecule has 0 aliphatic carbocycles. The molecule has 3 rings (SSSR count). The number of carbonyl (C=O) groups excluding carboxylic acids is 3. The quantitative estimate of drug-likeness (QED) is 0.544. The standard InChI is InChI=1S/C24H27FN2O4/c1-17(28)31-21-7-4-6-20(15-21)24(30)27-13-11-18(12-14-27)16-26-23(29)10-9-19-5-2-3-8-22(19)25/h2-8,15,18H,9-14,16H2,1H3,(H,26,29). The van der Waals surface area contributed by atoms with E-state index < -0.39 is 5.97 Å². The number of esters is 1. The van der Waals surface area contributed by atoms with Gasteiger partial charge in [0.2, 0.25) is 5.91 Å². The summed E-state index contributed by atoms with van der Waals surface area (Å²) in [5.41, 5.74) is 1.03. The van der Waals surface area contributed by atoms with E-state index in [1.54, 1.807) is 47.4 Å². The largest absolute Gasteiger partial charge is 0.427 e. The molecule has 0 aromatic heterocycles. The predicted molar refractivity (Wildman–Crippen MR) is 114 cm³/mol. The third-order valence-corrected chi connectivity index (χ3v) is 5.41. The van der Waals surface area contributed by atoms with Gasteiger partial charge in [0, 0.05) is 38.5 Å². The molecule has 1 heterocycles. The van der Waals surface area contributed by atoms with Crippen LogP contribution in [0.15, 0.2) is 48.5 Å². The van der Waals surface area contributed by atoms with Crippen molar-refractivity contribution in [3.63, 3.8) is 0 Å². The first-order valence-electron chi connectivity index (χ1n) is 10.5. The second-order valence-corrected chi connectivity index (χ2v) is 7.75. The number of nitrogens with zero attached hydrogens (tertiary/aromatic N) is 1. The lowest BCUT2D eigenvalue weighted by Gasteiger charge is -2.32. The molecule has 0 spiro atoms. The minimum absolute atomic E-state index is 0.0935. The van der Waals surface area contributed by atoms with E-state index in [0.29, 0.717) is 48.8 Å². The lowest BCUT2D eigenvalue weighted by atomic mass is 9.96. The number of hydrogen-bond donors (Lipinski definition) is 1. The average Bonchev–Trinajstić information content (AvgIpc) is 2.77. The Morgan fingerprint density at radius 2 is 1.84 bits per heavy atom. The van der Waals surface area contributed by atoms with E-state index in [0.717, 1.165) is 12.8 Å². The van der Waals surface area contributed by atoms with E-state index in [4.69, 9.17) is 4.74 Å². The van der Waals surface area contributed by atoms with Crippen molar-refractivity contribution in [2.24, 2.45) is 5.92 Å². The predicted octanol–water partition coefficient (Wildman–Crippen LogP) is 3.35. The van der Waals surface area contributed by atoms with Gasteiger partial charge in [-0.1, -0.05) is 24.3 Å². The topological polar surface area (TPSA) is 75.7 Å². The summed E-state index contributed by atoms with van der Waals surface area (Å²) in [6.07, 6.45) is 2.21. The van der Waals surface area contributed by atoms with Crippen LogP contribution in [0.5, 0.6) is 5.75 Å². The Morgan fingerprint density at radius 3 is 2.55 bits per heavy atom. The zero-order valence-corrected chi connectivity index (χ0v) is 17.6. The van der Waals surface area contributed by atoms with Gasteiger partial charge in [0.05, 0.1) is 0 Å². The third kappa shape index (κ3) is 6.64. The first kappa shape index (κ1) is 22.5. The molecule has 2 amide bonds. The summed E-state index contributed by atoms with van der Waals surface area (Å²) in [4.78, 5) is 37.7. The number of carbonyl (C=O) groups is 3. The highest BCUT2D eigenvalue weighted by Crippen LogP contribution is 2.21. The Kier molecular flexibility index (Phi) is 7.76. The highest BCUT2D eigenvalue weighted by atomic mass is 19.1. The van der Waals surface area contributed by atoms with Crippen molar-refractivity contribution in [2.75, 3.05) is 19.6 Å². The van der Waals surface area contributed by atoms with Crippen LogP contribution >= 0.6 is 0 Å². The molecule has 0 radical (unpaired) electrons. The molecular formula is C24H27FN2O4. The zero-order valence-electron chi connectivity index (χ0n) is 17.6. The Hall–Kier alpha value is -3.22. The molecule has 1 saturated heterocycles. The van der Waals surface area contributed by atoms with E-state index in [9.17, 15) is 18.8 Å². The molecule has 1 N–H and O–H groups in total. The number of rotatable bonds is 7. The molecule has 0 bridgehead atoms. The summed E-state index contributed by atoms with van der Waals surface area (Å²) in [5.74, 6) is -0.252. The van der Waals surface area contributed by atoms with Gasteiger partial charge in [-0.15, -0.1) is 0 Å². The van der Waals surface area contributed by atoms with Crippen LogP contribution < -0.4 is 10.1 Å². The summed E-state index contributed by atoms with van der Waals surface area (Å²) in [7, 11) is 0. The molecule has 0 atom stereocenters. The summed E-state index contributed by atoms with van der Waals surface area (Å²) in [6, 6.07) is 13.1. The fraction of sp³-hybridized carbons (Fsp3) is 0.375. The molecule has 1 aliphatic rings. The number of nitrogens with one attached hydrogen (secondary N) is 1. The van der Waals surface area contributed by atoms with Crippen LogP contribution in [0.1, 0.15) is 42.1 Å². The van der Waals surface area contributed by atoms with Crippen molar-refractivity contribution in [3.05, 3.63) is 65.5 Å². The van der Waals surface area contributed by atoms with Gasteiger partial charge >= 0.3 is 5.97 Å². The van der Waals surface area contributed by atoms with Gasteiger partial charge in [0.25, 0.3) is 5.91 Å². The maximum absolute atomic E-state index is 13.6. The molecule has 6 nitrogen and oxygen atoms in total. The molecule has 7 heteroatoms. The Labute approximate surface area is 181 Å². The summed E-state index contributed by atoms with van der Waals surface area (Å²) in [5, 5.41) is 2.93. The SMILES string of the molecule is CC(=O)Oc1cccc(C(=O)N2CCC(CNC(=O)CCc3ccccc3F)CC2)c1. The van der Waals surface area contributed by atoms with Crippen molar-refractivity contribution in [1.82, 2.24) is 10.2 Å². The van der Waals surface area contributed by atoms with Gasteiger partial charge in [0.15, 0.2) is 0 Å². The van der Waals surface area contributed by atoms with Gasteiger partial charge in [-0.05, 0) is 55.0 Å². The molecule has 1 fully saturated rings. The van der Waals surface area contributed by atoms with E-state index in [-0.39, 0.29) is 24.1 Å². The Morgan fingerprint density at radius 1 is 1.10 bits per heavy atom. The zero-order chi connectivity index (χ0) is 22.2. The van der Waals surface area contributed by atoms with E-state index in [1.165, 1.54) is 13.0 Å². The van der Waals surface area contributed by atoms with Crippen LogP contribution in [0.25, 0.3) is 0 Å². The molecule has 0 saturated carbocycles. The van der Waals surface area contributed by atoms with E-state index in [1.807, 2.05) is 0 Å². The van der Waals surface area contributed by atoms with E-state index in [2.05, 4.69) is 5.32 Å². The van der Waals surface area contributed by atoms with Gasteiger partial charge in [-0.25, -0.2) is 4.39 Å². The monoisotopic (exact) mass is 426 g/mol. The first-order valence-corrected chi connectivity index (χ1v) is 10.5. The number of halogens is 1. The van der Waals surface area contributed by atoms with Gasteiger partial charge in [-0.3, -0.25) is 14.4 Å². The molecular weight excluding hydrogens is 399 g/mol. The van der Waals surface area contributed by atoms with Crippen molar-refractivity contribution < 1.29 is 23.5 Å². The Bertz CT molecular complexity index is 939. The van der Waals surface area contributed by atoms with Gasteiger partial charge in [0.1, 0.15) is 11.6 Å². The van der Waals surface area contributed by atoms with Gasteiger partial charge in [-0.2, -0.15) is 0 Å². The second-order valence-electron chi connectivity index (χ2n) is 7.75. The van der Waals surface area contributed by atoms with Crippen molar-refractivity contribution in [1.29, 1.82) is 0 Å². The average molecular weight is 426 g/mol. The Balaban J connectivity index is 1.41. The third-order valence-electron chi connectivity index (χ3n) is 5.41. The molecule has 1 aliphatic heterocycles. The van der Waals surface area contributed by atoms with Crippen molar-refractivity contribution in [2.45, 2.75) is 32.6 Å². The van der Waals surface area contributed by atoms with Crippen LogP contribution in [0.4, 0.5) is 4.39 Å². The lowest BCUT2D eigenvalue weighted by Crippen LogP contribution is -2.41. The van der Waals surface area contributed by atoms with Crippen molar-refractivity contribution >= 4 is 17.8 Å². The maximum atomic E-state index is 13.6.